The molecule has 0 saturated heterocycles. The summed E-state index contributed by atoms with van der Waals surface area (Å²) < 4.78 is 4.67. The zero-order valence-corrected chi connectivity index (χ0v) is 13.5. The maximum absolute atomic E-state index is 12.3. The summed E-state index contributed by atoms with van der Waals surface area (Å²) in [6.07, 6.45) is 0. The van der Waals surface area contributed by atoms with Crippen molar-refractivity contribution in [3.63, 3.8) is 0 Å². The largest absolute Gasteiger partial charge is 0.465 e. The summed E-state index contributed by atoms with van der Waals surface area (Å²) in [7, 11) is 1.30. The molecule has 22 heavy (non-hydrogen) atoms. The van der Waals surface area contributed by atoms with E-state index in [2.05, 4.69) is 10.1 Å². The van der Waals surface area contributed by atoms with E-state index in [1.54, 1.807) is 30.3 Å². The fourth-order valence-electron chi connectivity index (χ4n) is 1.86. The van der Waals surface area contributed by atoms with Crippen LogP contribution < -0.4 is 5.32 Å². The van der Waals surface area contributed by atoms with Gasteiger partial charge in [0.25, 0.3) is 5.91 Å². The van der Waals surface area contributed by atoms with Crippen molar-refractivity contribution < 1.29 is 14.3 Å². The van der Waals surface area contributed by atoms with E-state index in [-0.39, 0.29) is 10.9 Å². The molecule has 114 valence electrons. The molecule has 0 aromatic heterocycles. The highest BCUT2D eigenvalue weighted by molar-refractivity contribution is 6.37. The number of esters is 1. The highest BCUT2D eigenvalue weighted by Crippen LogP contribution is 2.23. The van der Waals surface area contributed by atoms with Crippen molar-refractivity contribution in [2.45, 2.75) is 6.92 Å². The number of ether oxygens (including phenoxy) is 1. The summed E-state index contributed by atoms with van der Waals surface area (Å²) in [5, 5.41) is 3.44. The lowest BCUT2D eigenvalue weighted by atomic mass is 10.1. The van der Waals surface area contributed by atoms with Crippen molar-refractivity contribution >= 4 is 40.8 Å². The summed E-state index contributed by atoms with van der Waals surface area (Å²) in [5.74, 6) is -0.855. The van der Waals surface area contributed by atoms with Gasteiger partial charge in [-0.2, -0.15) is 0 Å². The molecule has 0 spiro atoms. The normalized spacial score (nSPS) is 10.2. The first kappa shape index (κ1) is 16.3. The molecular weight excluding hydrogens is 325 g/mol. The predicted molar refractivity (Wildman–Crippen MR) is 86.9 cm³/mol. The van der Waals surface area contributed by atoms with Gasteiger partial charge in [0.1, 0.15) is 0 Å². The molecule has 2 aromatic rings. The summed E-state index contributed by atoms with van der Waals surface area (Å²) in [6.45, 7) is 1.82. The smallest absolute Gasteiger partial charge is 0.337 e. The molecule has 0 aliphatic rings. The topological polar surface area (TPSA) is 55.4 Å². The van der Waals surface area contributed by atoms with Gasteiger partial charge in [0.15, 0.2) is 0 Å². The van der Waals surface area contributed by atoms with E-state index in [0.717, 1.165) is 5.56 Å². The third-order valence-electron chi connectivity index (χ3n) is 3.08. The van der Waals surface area contributed by atoms with Crippen LogP contribution in [-0.4, -0.2) is 19.0 Å². The van der Waals surface area contributed by atoms with E-state index < -0.39 is 5.97 Å². The standard InChI is InChI=1S/C16H13Cl2NO3/c1-9-3-4-10(16(21)22-2)7-14(9)19-15(20)12-6-5-11(17)8-13(12)18/h3-8H,1-2H3,(H,19,20). The van der Waals surface area contributed by atoms with E-state index in [1.165, 1.54) is 13.2 Å². The summed E-state index contributed by atoms with van der Waals surface area (Å²) in [6, 6.07) is 9.54. The number of rotatable bonds is 3. The minimum atomic E-state index is -0.472. The Morgan fingerprint density at radius 1 is 1.09 bits per heavy atom. The zero-order valence-electron chi connectivity index (χ0n) is 11.9. The van der Waals surface area contributed by atoms with Gasteiger partial charge in [-0.3, -0.25) is 4.79 Å². The van der Waals surface area contributed by atoms with Gasteiger partial charge in [-0.1, -0.05) is 29.3 Å². The Morgan fingerprint density at radius 2 is 1.82 bits per heavy atom. The SMILES string of the molecule is COC(=O)c1ccc(C)c(NC(=O)c2ccc(Cl)cc2Cl)c1. The maximum atomic E-state index is 12.3. The molecule has 0 radical (unpaired) electrons. The van der Waals surface area contributed by atoms with Gasteiger partial charge in [-0.05, 0) is 42.8 Å². The van der Waals surface area contributed by atoms with Crippen LogP contribution in [0.2, 0.25) is 10.0 Å². The van der Waals surface area contributed by atoms with Crippen LogP contribution >= 0.6 is 23.2 Å². The molecule has 0 bridgehead atoms. The molecule has 0 aliphatic heterocycles. The Morgan fingerprint density at radius 3 is 2.45 bits per heavy atom. The van der Waals surface area contributed by atoms with Gasteiger partial charge in [-0.25, -0.2) is 4.79 Å². The van der Waals surface area contributed by atoms with E-state index in [4.69, 9.17) is 23.2 Å². The van der Waals surface area contributed by atoms with Crippen LogP contribution in [-0.2, 0) is 4.74 Å². The van der Waals surface area contributed by atoms with Gasteiger partial charge in [-0.15, -0.1) is 0 Å². The molecule has 0 aliphatic carbocycles. The zero-order chi connectivity index (χ0) is 16.3. The van der Waals surface area contributed by atoms with Crippen molar-refractivity contribution in [2.75, 3.05) is 12.4 Å². The second-order valence-corrected chi connectivity index (χ2v) is 5.44. The lowest BCUT2D eigenvalue weighted by molar-refractivity contribution is 0.0600. The Bertz CT molecular complexity index is 744. The Labute approximate surface area is 138 Å². The number of nitrogens with one attached hydrogen (secondary N) is 1. The third-order valence-corrected chi connectivity index (χ3v) is 3.63. The molecular formula is C16H13Cl2NO3. The maximum Gasteiger partial charge on any atom is 0.337 e. The van der Waals surface area contributed by atoms with Gasteiger partial charge >= 0.3 is 5.97 Å². The highest BCUT2D eigenvalue weighted by Gasteiger charge is 2.14. The van der Waals surface area contributed by atoms with E-state index >= 15 is 0 Å². The number of methoxy groups -OCH3 is 1. The van der Waals surface area contributed by atoms with Crippen LogP contribution in [0, 0.1) is 6.92 Å². The van der Waals surface area contributed by atoms with E-state index in [1.807, 2.05) is 6.92 Å². The number of hydrogen-bond acceptors (Lipinski definition) is 3. The third kappa shape index (κ3) is 3.59. The molecule has 0 atom stereocenters. The van der Waals surface area contributed by atoms with Crippen molar-refractivity contribution in [1.29, 1.82) is 0 Å². The molecule has 2 rings (SSSR count). The number of aryl methyl sites for hydroxylation is 1. The first-order valence-electron chi connectivity index (χ1n) is 6.37. The minimum Gasteiger partial charge on any atom is -0.465 e. The van der Waals surface area contributed by atoms with Crippen molar-refractivity contribution in [3.05, 3.63) is 63.1 Å². The first-order chi connectivity index (χ1) is 10.4. The number of benzene rings is 2. The Hall–Kier alpha value is -2.04. The summed E-state index contributed by atoms with van der Waals surface area (Å²) in [4.78, 5) is 23.8. The average molecular weight is 338 g/mol. The molecule has 2 aromatic carbocycles. The van der Waals surface area contributed by atoms with Gasteiger partial charge < -0.3 is 10.1 Å². The number of amides is 1. The lowest BCUT2D eigenvalue weighted by Crippen LogP contribution is -2.14. The highest BCUT2D eigenvalue weighted by atomic mass is 35.5. The molecule has 0 heterocycles. The summed E-state index contributed by atoms with van der Waals surface area (Å²) in [5.41, 5.74) is 1.98. The minimum absolute atomic E-state index is 0.256. The molecule has 0 saturated carbocycles. The number of halogens is 2. The Balaban J connectivity index is 2.29. The molecule has 1 amide bonds. The van der Waals surface area contributed by atoms with E-state index in [9.17, 15) is 9.59 Å². The molecule has 1 N–H and O–H groups in total. The quantitative estimate of drug-likeness (QED) is 0.847. The first-order valence-corrected chi connectivity index (χ1v) is 7.13. The van der Waals surface area contributed by atoms with Crippen LogP contribution in [0.25, 0.3) is 0 Å². The van der Waals surface area contributed by atoms with Crippen LogP contribution in [0.3, 0.4) is 0 Å². The van der Waals surface area contributed by atoms with Gasteiger partial charge in [0, 0.05) is 10.7 Å². The van der Waals surface area contributed by atoms with Gasteiger partial charge in [0.05, 0.1) is 23.3 Å². The monoisotopic (exact) mass is 337 g/mol. The Kier molecular flexibility index (Phi) is 5.06. The fraction of sp³-hybridized carbons (Fsp3) is 0.125. The van der Waals surface area contributed by atoms with Crippen LogP contribution in [0.15, 0.2) is 36.4 Å². The average Bonchev–Trinajstić information content (AvgIpc) is 2.48. The molecule has 4 nitrogen and oxygen atoms in total. The van der Waals surface area contributed by atoms with Crippen LogP contribution in [0.1, 0.15) is 26.3 Å². The van der Waals surface area contributed by atoms with Crippen molar-refractivity contribution in [2.24, 2.45) is 0 Å². The number of carbonyl (C=O) groups is 2. The predicted octanol–water partition coefficient (Wildman–Crippen LogP) is 4.34. The number of hydrogen-bond donors (Lipinski definition) is 1. The molecule has 6 heteroatoms. The van der Waals surface area contributed by atoms with Gasteiger partial charge in [0.2, 0.25) is 0 Å². The summed E-state index contributed by atoms with van der Waals surface area (Å²) >= 11 is 11.8. The number of anilines is 1. The van der Waals surface area contributed by atoms with Crippen LogP contribution in [0.4, 0.5) is 5.69 Å². The molecule has 0 fully saturated rings. The van der Waals surface area contributed by atoms with Crippen molar-refractivity contribution in [3.8, 4) is 0 Å². The van der Waals surface area contributed by atoms with E-state index in [0.29, 0.717) is 21.8 Å². The second kappa shape index (κ2) is 6.81. The second-order valence-electron chi connectivity index (χ2n) is 4.60. The fourth-order valence-corrected chi connectivity index (χ4v) is 2.36. The number of carbonyl (C=O) groups excluding carboxylic acids is 2. The molecule has 0 unspecified atom stereocenters. The van der Waals surface area contributed by atoms with Crippen molar-refractivity contribution in [1.82, 2.24) is 0 Å². The lowest BCUT2D eigenvalue weighted by Gasteiger charge is -2.11. The van der Waals surface area contributed by atoms with Crippen LogP contribution in [0.5, 0.6) is 0 Å².